The zero-order valence-electron chi connectivity index (χ0n) is 41.7. The van der Waals surface area contributed by atoms with Crippen LogP contribution >= 0.6 is 0 Å². The number of carbonyl (C=O) groups excluding carboxylic acids is 1. The Balaban J connectivity index is 2.20. The molecule has 0 aromatic carbocycles. The standard InChI is InChI=1S/C56H100O9/c1-3-5-7-9-11-13-15-17-19-21-23-24-25-26-27-29-31-33-35-37-39-41-43-45-52(58)64-50(49-63-56-55(61)54(60)53(59)51(47-57)65-56)48-62-46-44-42-40-38-36-34-32-30-28-22-20-18-16-14-12-10-8-6-4-2/h5,7,11,13,17,19,23-24,26-27,50-51,53-57,59-61H,3-4,6,8-10,12,14-16,18,20-22,25,28-49H2,1-2H3/b7-5-,13-11-,19-17-,24-23-,27-26-. The number of esters is 1. The molecule has 9 nitrogen and oxygen atoms in total. The van der Waals surface area contributed by atoms with Gasteiger partial charge in [-0.15, -0.1) is 0 Å². The van der Waals surface area contributed by atoms with Gasteiger partial charge in [0, 0.05) is 13.0 Å². The molecule has 0 radical (unpaired) electrons. The molecule has 9 heteroatoms. The van der Waals surface area contributed by atoms with Gasteiger partial charge in [-0.3, -0.25) is 4.79 Å². The van der Waals surface area contributed by atoms with E-state index in [0.29, 0.717) is 13.0 Å². The minimum atomic E-state index is -1.54. The maximum atomic E-state index is 12.9. The van der Waals surface area contributed by atoms with Gasteiger partial charge in [-0.1, -0.05) is 222 Å². The average molecular weight is 917 g/mol. The molecule has 0 aliphatic carbocycles. The molecule has 4 N–H and O–H groups in total. The molecule has 0 aromatic heterocycles. The summed E-state index contributed by atoms with van der Waals surface area (Å²) in [6.07, 6.45) is 54.0. The number of aliphatic hydroxyl groups excluding tert-OH is 4. The highest BCUT2D eigenvalue weighted by molar-refractivity contribution is 5.69. The molecule has 0 aromatic rings. The second kappa shape index (κ2) is 47.0. The number of rotatable bonds is 46. The smallest absolute Gasteiger partial charge is 0.306 e. The van der Waals surface area contributed by atoms with Crippen molar-refractivity contribution >= 4 is 5.97 Å². The van der Waals surface area contributed by atoms with Gasteiger partial charge in [0.1, 0.15) is 30.5 Å². The van der Waals surface area contributed by atoms with Crippen LogP contribution in [0.3, 0.4) is 0 Å². The first-order valence-corrected chi connectivity index (χ1v) is 26.9. The number of allylic oxidation sites excluding steroid dienone is 10. The first kappa shape index (κ1) is 60.9. The minimum Gasteiger partial charge on any atom is -0.457 e. The summed E-state index contributed by atoms with van der Waals surface area (Å²) in [4.78, 5) is 12.9. The van der Waals surface area contributed by atoms with Gasteiger partial charge in [-0.25, -0.2) is 0 Å². The Morgan fingerprint density at radius 1 is 0.508 bits per heavy atom. The van der Waals surface area contributed by atoms with Crippen LogP contribution < -0.4 is 0 Å². The van der Waals surface area contributed by atoms with Crippen LogP contribution in [0.4, 0.5) is 0 Å². The third-order valence-corrected chi connectivity index (χ3v) is 12.2. The third-order valence-electron chi connectivity index (χ3n) is 12.2. The Morgan fingerprint density at radius 3 is 1.42 bits per heavy atom. The summed E-state index contributed by atoms with van der Waals surface area (Å²) in [6.45, 7) is 4.46. The van der Waals surface area contributed by atoms with Crippen LogP contribution in [0.2, 0.25) is 0 Å². The Hall–Kier alpha value is -2.11. The van der Waals surface area contributed by atoms with Crippen LogP contribution in [0.5, 0.6) is 0 Å². The molecule has 0 bridgehead atoms. The molecule has 6 unspecified atom stereocenters. The van der Waals surface area contributed by atoms with E-state index in [2.05, 4.69) is 74.6 Å². The molecular formula is C56H100O9. The maximum Gasteiger partial charge on any atom is 0.306 e. The first-order chi connectivity index (χ1) is 31.9. The topological polar surface area (TPSA) is 135 Å². The fourth-order valence-corrected chi connectivity index (χ4v) is 8.05. The molecule has 0 amide bonds. The molecule has 0 spiro atoms. The number of hydrogen-bond acceptors (Lipinski definition) is 9. The maximum absolute atomic E-state index is 12.9. The van der Waals surface area contributed by atoms with Crippen LogP contribution in [-0.4, -0.2) is 89.6 Å². The zero-order chi connectivity index (χ0) is 47.1. The molecule has 1 aliphatic rings. The van der Waals surface area contributed by atoms with Crippen LogP contribution in [0.15, 0.2) is 60.8 Å². The van der Waals surface area contributed by atoms with Gasteiger partial charge in [-0.05, 0) is 57.8 Å². The van der Waals surface area contributed by atoms with Crippen LogP contribution in [0.25, 0.3) is 0 Å². The van der Waals surface area contributed by atoms with E-state index in [1.54, 1.807) is 0 Å². The fraction of sp³-hybridized carbons (Fsp3) is 0.804. The molecule has 0 saturated carbocycles. The third kappa shape index (κ3) is 37.5. The number of aliphatic hydroxyl groups is 4. The lowest BCUT2D eigenvalue weighted by Crippen LogP contribution is -2.59. The molecule has 6 atom stereocenters. The van der Waals surface area contributed by atoms with Crippen molar-refractivity contribution in [1.82, 2.24) is 0 Å². The second-order valence-electron chi connectivity index (χ2n) is 18.3. The minimum absolute atomic E-state index is 0.118. The van der Waals surface area contributed by atoms with E-state index < -0.39 is 43.4 Å². The summed E-state index contributed by atoms with van der Waals surface area (Å²) in [7, 11) is 0. The Bertz CT molecular complexity index is 1180. The summed E-state index contributed by atoms with van der Waals surface area (Å²) in [5.41, 5.74) is 0. The van der Waals surface area contributed by atoms with E-state index in [4.69, 9.17) is 18.9 Å². The summed E-state index contributed by atoms with van der Waals surface area (Å²) < 4.78 is 22.9. The molecule has 1 heterocycles. The summed E-state index contributed by atoms with van der Waals surface area (Å²) in [5, 5.41) is 40.3. The van der Waals surface area contributed by atoms with Crippen molar-refractivity contribution in [1.29, 1.82) is 0 Å². The monoisotopic (exact) mass is 917 g/mol. The van der Waals surface area contributed by atoms with Crippen molar-refractivity contribution in [3.8, 4) is 0 Å². The quantitative estimate of drug-likeness (QED) is 0.0267. The van der Waals surface area contributed by atoms with Gasteiger partial charge in [0.25, 0.3) is 0 Å². The predicted octanol–water partition coefficient (Wildman–Crippen LogP) is 13.4. The fourth-order valence-electron chi connectivity index (χ4n) is 8.05. The zero-order valence-corrected chi connectivity index (χ0v) is 41.7. The van der Waals surface area contributed by atoms with Crippen molar-refractivity contribution in [2.75, 3.05) is 26.4 Å². The Labute approximate surface area is 398 Å². The molecule has 378 valence electrons. The SMILES string of the molecule is CC/C=C\C/C=C\C/C=C\C/C=C\C/C=C\CCCCCCCCCC(=O)OC(COCCCCCCCCCCCCCCCCCCCCC)COC1OC(CO)C(O)C(O)C1O. The highest BCUT2D eigenvalue weighted by Crippen LogP contribution is 2.23. The number of hydrogen-bond donors (Lipinski definition) is 4. The van der Waals surface area contributed by atoms with Gasteiger partial charge in [-0.2, -0.15) is 0 Å². The lowest BCUT2D eigenvalue weighted by Gasteiger charge is -2.39. The molecule has 1 aliphatic heterocycles. The first-order valence-electron chi connectivity index (χ1n) is 26.9. The second-order valence-corrected chi connectivity index (χ2v) is 18.3. The molecule has 1 fully saturated rings. The van der Waals surface area contributed by atoms with Gasteiger partial charge >= 0.3 is 5.97 Å². The number of carbonyl (C=O) groups is 1. The molecule has 1 rings (SSSR count). The van der Waals surface area contributed by atoms with Crippen LogP contribution in [0.1, 0.15) is 226 Å². The van der Waals surface area contributed by atoms with Crippen molar-refractivity contribution in [3.05, 3.63) is 60.8 Å². The lowest BCUT2D eigenvalue weighted by atomic mass is 9.99. The predicted molar refractivity (Wildman–Crippen MR) is 270 cm³/mol. The van der Waals surface area contributed by atoms with E-state index in [-0.39, 0.29) is 19.2 Å². The number of unbranched alkanes of at least 4 members (excludes halogenated alkanes) is 25. The van der Waals surface area contributed by atoms with E-state index >= 15 is 0 Å². The Kier molecular flexibility index (Phi) is 44.0. The average Bonchev–Trinajstić information content (AvgIpc) is 3.31. The van der Waals surface area contributed by atoms with E-state index in [1.165, 1.54) is 128 Å². The summed E-state index contributed by atoms with van der Waals surface area (Å²) >= 11 is 0. The normalized spacial score (nSPS) is 19.9. The van der Waals surface area contributed by atoms with Gasteiger partial charge in [0.2, 0.25) is 0 Å². The summed E-state index contributed by atoms with van der Waals surface area (Å²) in [6, 6.07) is 0. The van der Waals surface area contributed by atoms with E-state index in [1.807, 2.05) is 0 Å². The highest BCUT2D eigenvalue weighted by atomic mass is 16.7. The number of ether oxygens (including phenoxy) is 4. The van der Waals surface area contributed by atoms with Crippen LogP contribution in [-0.2, 0) is 23.7 Å². The van der Waals surface area contributed by atoms with Gasteiger partial charge < -0.3 is 39.4 Å². The van der Waals surface area contributed by atoms with Crippen molar-refractivity contribution in [3.63, 3.8) is 0 Å². The molecule has 1 saturated heterocycles. The largest absolute Gasteiger partial charge is 0.457 e. The lowest BCUT2D eigenvalue weighted by molar-refractivity contribution is -0.305. The van der Waals surface area contributed by atoms with Crippen molar-refractivity contribution < 1.29 is 44.2 Å². The molecular weight excluding hydrogens is 817 g/mol. The van der Waals surface area contributed by atoms with Crippen LogP contribution in [0, 0.1) is 0 Å². The van der Waals surface area contributed by atoms with Crippen molar-refractivity contribution in [2.24, 2.45) is 0 Å². The molecule has 65 heavy (non-hydrogen) atoms. The van der Waals surface area contributed by atoms with E-state index in [9.17, 15) is 25.2 Å². The Morgan fingerprint density at radius 2 is 0.938 bits per heavy atom. The van der Waals surface area contributed by atoms with Crippen molar-refractivity contribution in [2.45, 2.75) is 263 Å². The summed E-state index contributed by atoms with van der Waals surface area (Å²) in [5.74, 6) is -0.323. The van der Waals surface area contributed by atoms with Gasteiger partial charge in [0.05, 0.1) is 19.8 Å². The highest BCUT2D eigenvalue weighted by Gasteiger charge is 2.44. The van der Waals surface area contributed by atoms with Gasteiger partial charge in [0.15, 0.2) is 6.29 Å². The van der Waals surface area contributed by atoms with E-state index in [0.717, 1.165) is 77.0 Å².